The van der Waals surface area contributed by atoms with E-state index in [-0.39, 0.29) is 0 Å². The van der Waals surface area contributed by atoms with Crippen molar-refractivity contribution in [3.8, 4) is 0 Å². The molecule has 0 aliphatic carbocycles. The molecular formula is C25H50N2Si2. The summed E-state index contributed by atoms with van der Waals surface area (Å²) in [5, 5.41) is 7.93. The highest BCUT2D eigenvalue weighted by molar-refractivity contribution is 6.81. The van der Waals surface area contributed by atoms with Gasteiger partial charge in [0.05, 0.1) is 16.1 Å². The van der Waals surface area contributed by atoms with Gasteiger partial charge in [-0.1, -0.05) is 87.9 Å². The van der Waals surface area contributed by atoms with Gasteiger partial charge >= 0.3 is 0 Å². The second-order valence-corrected chi connectivity index (χ2v) is 22.3. The van der Waals surface area contributed by atoms with Gasteiger partial charge in [0.2, 0.25) is 0 Å². The zero-order valence-electron chi connectivity index (χ0n) is 19.9. The molecule has 0 aromatic carbocycles. The van der Waals surface area contributed by atoms with Gasteiger partial charge in [-0.25, -0.2) is 0 Å². The fourth-order valence-corrected chi connectivity index (χ4v) is 19.3. The van der Waals surface area contributed by atoms with E-state index in [9.17, 15) is 0 Å². The van der Waals surface area contributed by atoms with E-state index >= 15 is 0 Å². The van der Waals surface area contributed by atoms with Crippen molar-refractivity contribution in [1.82, 2.24) is 10.6 Å². The maximum atomic E-state index is 4.12. The second-order valence-electron chi connectivity index (χ2n) is 12.3. The Balaban J connectivity index is 1.16. The normalized spacial score (nSPS) is 33.5. The maximum Gasteiger partial charge on any atom is 0.0539 e. The molecule has 0 aromatic rings. The summed E-state index contributed by atoms with van der Waals surface area (Å²) in [6, 6.07) is 16.4. The van der Waals surface area contributed by atoms with Gasteiger partial charge in [-0.2, -0.15) is 0 Å². The summed E-state index contributed by atoms with van der Waals surface area (Å²) in [6.07, 6.45) is 13.7. The van der Waals surface area contributed by atoms with Crippen molar-refractivity contribution in [3.05, 3.63) is 0 Å². The van der Waals surface area contributed by atoms with Crippen LogP contribution in [0.1, 0.15) is 78.6 Å². The fraction of sp³-hybridized carbons (Fsp3) is 1.00. The Morgan fingerprint density at radius 3 is 1.83 bits per heavy atom. The Kier molecular flexibility index (Phi) is 7.68. The van der Waals surface area contributed by atoms with Crippen molar-refractivity contribution in [2.75, 3.05) is 0 Å². The average Bonchev–Trinajstić information content (AvgIpc) is 3.08. The van der Waals surface area contributed by atoms with Crippen molar-refractivity contribution >= 4 is 16.1 Å². The van der Waals surface area contributed by atoms with E-state index in [1.165, 1.54) is 38.5 Å². The Labute approximate surface area is 183 Å². The predicted molar refractivity (Wildman–Crippen MR) is 133 cm³/mol. The average molecular weight is 435 g/mol. The van der Waals surface area contributed by atoms with E-state index < -0.39 is 16.1 Å². The summed E-state index contributed by atoms with van der Waals surface area (Å²) in [6.45, 7) is 7.13. The van der Waals surface area contributed by atoms with Crippen LogP contribution in [0.3, 0.4) is 0 Å². The summed E-state index contributed by atoms with van der Waals surface area (Å²) in [5.41, 5.74) is 0. The summed E-state index contributed by atoms with van der Waals surface area (Å²) >= 11 is 0. The lowest BCUT2D eigenvalue weighted by Gasteiger charge is -2.42. The molecule has 4 saturated heterocycles. The van der Waals surface area contributed by atoms with E-state index in [4.69, 9.17) is 0 Å². The molecule has 2 N–H and O–H groups in total. The van der Waals surface area contributed by atoms with Crippen LogP contribution < -0.4 is 10.6 Å². The van der Waals surface area contributed by atoms with Crippen LogP contribution in [0.15, 0.2) is 0 Å². The molecule has 0 radical (unpaired) electrons. The summed E-state index contributed by atoms with van der Waals surface area (Å²) in [5.74, 6) is 1.06. The molecule has 4 rings (SSSR count). The van der Waals surface area contributed by atoms with Crippen LogP contribution in [-0.4, -0.2) is 40.3 Å². The number of rotatable bonds is 6. The minimum atomic E-state index is -0.883. The van der Waals surface area contributed by atoms with Crippen molar-refractivity contribution < 1.29 is 0 Å². The molecule has 4 aliphatic heterocycles. The molecule has 2 nitrogen and oxygen atoms in total. The second kappa shape index (κ2) is 9.87. The fourth-order valence-electron chi connectivity index (χ4n) is 8.02. The molecule has 29 heavy (non-hydrogen) atoms. The molecule has 2 unspecified atom stereocenters. The minimum Gasteiger partial charge on any atom is -0.312 e. The third-order valence-electron chi connectivity index (χ3n) is 9.59. The smallest absolute Gasteiger partial charge is 0.0539 e. The summed E-state index contributed by atoms with van der Waals surface area (Å²) < 4.78 is 0. The summed E-state index contributed by atoms with van der Waals surface area (Å²) in [4.78, 5) is 0. The highest BCUT2D eigenvalue weighted by atomic mass is 28.3. The van der Waals surface area contributed by atoms with Crippen LogP contribution in [0, 0.1) is 5.92 Å². The van der Waals surface area contributed by atoms with Gasteiger partial charge in [-0.05, 0) is 44.9 Å². The molecule has 4 aliphatic rings. The Morgan fingerprint density at radius 1 is 0.655 bits per heavy atom. The molecule has 2 spiro atoms. The predicted octanol–water partition coefficient (Wildman–Crippen LogP) is 6.78. The molecule has 4 heterocycles. The van der Waals surface area contributed by atoms with Crippen molar-refractivity contribution in [2.45, 2.75) is 151 Å². The van der Waals surface area contributed by atoms with Crippen molar-refractivity contribution in [2.24, 2.45) is 5.92 Å². The first-order valence-electron chi connectivity index (χ1n) is 13.5. The van der Waals surface area contributed by atoms with Crippen LogP contribution in [-0.2, 0) is 0 Å². The van der Waals surface area contributed by atoms with E-state index in [2.05, 4.69) is 31.4 Å². The molecule has 0 amide bonds. The molecule has 168 valence electrons. The van der Waals surface area contributed by atoms with Crippen molar-refractivity contribution in [1.29, 1.82) is 0 Å². The first-order valence-corrected chi connectivity index (χ1v) is 19.1. The van der Waals surface area contributed by atoms with Gasteiger partial charge in [-0.3, -0.25) is 0 Å². The van der Waals surface area contributed by atoms with Gasteiger partial charge in [-0.15, -0.1) is 0 Å². The molecule has 0 bridgehead atoms. The molecule has 4 fully saturated rings. The van der Waals surface area contributed by atoms with E-state index in [0.717, 1.165) is 24.0 Å². The third kappa shape index (κ3) is 5.99. The molecule has 4 heteroatoms. The van der Waals surface area contributed by atoms with Gasteiger partial charge in [0.1, 0.15) is 0 Å². The zero-order chi connectivity index (χ0) is 20.3. The zero-order valence-corrected chi connectivity index (χ0v) is 21.9. The van der Waals surface area contributed by atoms with Gasteiger partial charge in [0.25, 0.3) is 0 Å². The maximum absolute atomic E-state index is 4.12. The van der Waals surface area contributed by atoms with Crippen LogP contribution >= 0.6 is 0 Å². The van der Waals surface area contributed by atoms with Crippen molar-refractivity contribution in [3.63, 3.8) is 0 Å². The van der Waals surface area contributed by atoms with Gasteiger partial charge in [0.15, 0.2) is 0 Å². The summed E-state index contributed by atoms with van der Waals surface area (Å²) in [7, 11) is -1.66. The van der Waals surface area contributed by atoms with Gasteiger partial charge < -0.3 is 10.6 Å². The van der Waals surface area contributed by atoms with Crippen LogP contribution in [0.4, 0.5) is 0 Å². The Morgan fingerprint density at radius 2 is 1.21 bits per heavy atom. The lowest BCUT2D eigenvalue weighted by molar-refractivity contribution is 0.358. The quantitative estimate of drug-likeness (QED) is 0.450. The van der Waals surface area contributed by atoms with E-state index in [1.807, 2.05) is 0 Å². The Hall–Kier alpha value is 0.354. The van der Waals surface area contributed by atoms with E-state index in [1.54, 1.807) is 67.6 Å². The van der Waals surface area contributed by atoms with Crippen LogP contribution in [0.2, 0.25) is 48.4 Å². The monoisotopic (exact) mass is 434 g/mol. The number of hydrogen-bond acceptors (Lipinski definition) is 2. The number of hydrogen-bond donors (Lipinski definition) is 2. The molecule has 0 aromatic heterocycles. The number of nitrogens with one attached hydrogen (secondary N) is 2. The standard InChI is InChI=1S/C25H50N2Si2/c1-21(2)26-24-10-17-29(18-11-24)14-7-23(20-29)19-22(3)27-25-8-15-28(16-9-25)12-5-4-6-13-28/h21-27H,4-20H2,1-3H3. The van der Waals surface area contributed by atoms with Gasteiger partial charge in [0, 0.05) is 24.2 Å². The topological polar surface area (TPSA) is 24.1 Å². The van der Waals surface area contributed by atoms with Crippen LogP contribution in [0.5, 0.6) is 0 Å². The largest absolute Gasteiger partial charge is 0.312 e. The lowest BCUT2D eigenvalue weighted by Crippen LogP contribution is -2.47. The first-order chi connectivity index (χ1) is 14.0. The molecule has 0 saturated carbocycles. The minimum absolute atomic E-state index is 0.661. The highest BCUT2D eigenvalue weighted by Crippen LogP contribution is 2.47. The Bertz CT molecular complexity index is 499. The SMILES string of the molecule is CC(C)NC1CC[Si]2(CCC(CC(C)NC3CC[Si]4(CCCCC4)CC3)C2)CC1. The van der Waals surface area contributed by atoms with E-state index in [0.29, 0.717) is 6.04 Å². The first kappa shape index (κ1) is 22.5. The van der Waals surface area contributed by atoms with Crippen LogP contribution in [0.25, 0.3) is 0 Å². The lowest BCUT2D eigenvalue weighted by atomic mass is 9.99. The molecular weight excluding hydrogens is 384 g/mol. The highest BCUT2D eigenvalue weighted by Gasteiger charge is 2.44. The molecule has 2 atom stereocenters. The third-order valence-corrected chi connectivity index (χ3v) is 20.6.